The maximum atomic E-state index is 11.3. The number of carboxylic acids is 1. The Bertz CT molecular complexity index is 417. The lowest BCUT2D eigenvalue weighted by Gasteiger charge is -2.03. The highest BCUT2D eigenvalue weighted by Crippen LogP contribution is 2.13. The first-order valence-corrected chi connectivity index (χ1v) is 12.7. The lowest BCUT2D eigenvalue weighted by atomic mass is 10.1. The van der Waals surface area contributed by atoms with E-state index in [9.17, 15) is 9.59 Å². The third-order valence-corrected chi connectivity index (χ3v) is 5.50. The summed E-state index contributed by atoms with van der Waals surface area (Å²) >= 11 is 0. The van der Waals surface area contributed by atoms with E-state index in [0.29, 0.717) is 6.42 Å². The molecule has 0 aliphatic rings. The number of hydrogen-bond acceptors (Lipinski definition) is 3. The highest BCUT2D eigenvalue weighted by Gasteiger charge is 2.05. The van der Waals surface area contributed by atoms with E-state index in [1.54, 1.807) is 0 Å². The standard InChI is InChI=1S/C26H48O4/c1-2-3-4-5-6-7-8-9-10-11-12-13-14-15-16-17-18-19-20-21-22-23-26(29)30-24-25(27)28/h11-12H,2-10,13-24H2,1H3,(H,27,28)/b12-11-. The lowest BCUT2D eigenvalue weighted by molar-refractivity contribution is -0.155. The van der Waals surface area contributed by atoms with Crippen LogP contribution in [0, 0.1) is 0 Å². The van der Waals surface area contributed by atoms with Crippen LogP contribution in [0.4, 0.5) is 0 Å². The molecule has 0 fully saturated rings. The first kappa shape index (κ1) is 28.7. The molecular formula is C26H48O4. The molecule has 0 spiro atoms. The number of carbonyl (C=O) groups excluding carboxylic acids is 1. The summed E-state index contributed by atoms with van der Waals surface area (Å²) < 4.78 is 4.60. The summed E-state index contributed by atoms with van der Waals surface area (Å²) in [7, 11) is 0. The molecule has 0 rings (SSSR count). The van der Waals surface area contributed by atoms with Crippen LogP contribution in [0.2, 0.25) is 0 Å². The monoisotopic (exact) mass is 424 g/mol. The number of carboxylic acid groups (broad SMARTS) is 1. The van der Waals surface area contributed by atoms with Crippen molar-refractivity contribution < 1.29 is 19.4 Å². The van der Waals surface area contributed by atoms with Crippen LogP contribution in [-0.2, 0) is 14.3 Å². The van der Waals surface area contributed by atoms with Crippen LogP contribution in [0.3, 0.4) is 0 Å². The predicted molar refractivity (Wildman–Crippen MR) is 126 cm³/mol. The zero-order valence-corrected chi connectivity index (χ0v) is 19.7. The second kappa shape index (κ2) is 24.0. The van der Waals surface area contributed by atoms with Gasteiger partial charge in [0.1, 0.15) is 0 Å². The summed E-state index contributed by atoms with van der Waals surface area (Å²) in [6, 6.07) is 0. The Kier molecular flexibility index (Phi) is 22.9. The molecule has 0 aromatic heterocycles. The minimum atomic E-state index is -1.10. The number of rotatable bonds is 23. The lowest BCUT2D eigenvalue weighted by Crippen LogP contribution is -2.12. The molecule has 0 atom stereocenters. The number of ether oxygens (including phenoxy) is 1. The van der Waals surface area contributed by atoms with E-state index in [1.807, 2.05) is 0 Å². The molecule has 4 heteroatoms. The van der Waals surface area contributed by atoms with E-state index in [2.05, 4.69) is 23.8 Å². The molecule has 0 aliphatic heterocycles. The second-order valence-electron chi connectivity index (χ2n) is 8.51. The van der Waals surface area contributed by atoms with Crippen molar-refractivity contribution in [2.75, 3.05) is 6.61 Å². The number of esters is 1. The minimum Gasteiger partial charge on any atom is -0.479 e. The third kappa shape index (κ3) is 24.7. The molecule has 0 radical (unpaired) electrons. The van der Waals surface area contributed by atoms with Gasteiger partial charge in [0.25, 0.3) is 0 Å². The number of carbonyl (C=O) groups is 2. The molecule has 0 aromatic rings. The minimum absolute atomic E-state index is 0.333. The second-order valence-corrected chi connectivity index (χ2v) is 8.51. The quantitative estimate of drug-likeness (QED) is 0.102. The van der Waals surface area contributed by atoms with Gasteiger partial charge in [-0.3, -0.25) is 4.79 Å². The first-order valence-electron chi connectivity index (χ1n) is 12.7. The van der Waals surface area contributed by atoms with Crippen LogP contribution >= 0.6 is 0 Å². The van der Waals surface area contributed by atoms with Crippen LogP contribution in [-0.4, -0.2) is 23.7 Å². The largest absolute Gasteiger partial charge is 0.479 e. The third-order valence-electron chi connectivity index (χ3n) is 5.50. The summed E-state index contributed by atoms with van der Waals surface area (Å²) in [5.41, 5.74) is 0. The highest BCUT2D eigenvalue weighted by atomic mass is 16.5. The van der Waals surface area contributed by atoms with Gasteiger partial charge in [0, 0.05) is 6.42 Å². The van der Waals surface area contributed by atoms with Crippen molar-refractivity contribution >= 4 is 11.9 Å². The molecule has 0 saturated heterocycles. The fourth-order valence-electron chi connectivity index (χ4n) is 3.62. The number of unbranched alkanes of at least 4 members (excludes halogenated alkanes) is 17. The van der Waals surface area contributed by atoms with E-state index in [4.69, 9.17) is 5.11 Å². The molecule has 0 unspecified atom stereocenters. The Balaban J connectivity index is 3.16. The zero-order chi connectivity index (χ0) is 22.1. The van der Waals surface area contributed by atoms with Crippen LogP contribution < -0.4 is 0 Å². The molecule has 0 aliphatic carbocycles. The van der Waals surface area contributed by atoms with Crippen molar-refractivity contribution in [2.24, 2.45) is 0 Å². The molecule has 176 valence electrons. The summed E-state index contributed by atoms with van der Waals surface area (Å²) in [5, 5.41) is 8.43. The summed E-state index contributed by atoms with van der Waals surface area (Å²) in [6.45, 7) is 1.75. The molecule has 0 heterocycles. The van der Waals surface area contributed by atoms with Crippen LogP contribution in [0.15, 0.2) is 12.2 Å². The van der Waals surface area contributed by atoms with E-state index < -0.39 is 18.5 Å². The van der Waals surface area contributed by atoms with Crippen molar-refractivity contribution in [3.05, 3.63) is 12.2 Å². The predicted octanol–water partition coefficient (Wildman–Crippen LogP) is 7.99. The van der Waals surface area contributed by atoms with E-state index >= 15 is 0 Å². The van der Waals surface area contributed by atoms with E-state index in [0.717, 1.165) is 19.3 Å². The molecule has 0 bridgehead atoms. The van der Waals surface area contributed by atoms with Crippen molar-refractivity contribution in [1.29, 1.82) is 0 Å². The Hall–Kier alpha value is -1.32. The topological polar surface area (TPSA) is 63.6 Å². The van der Waals surface area contributed by atoms with Gasteiger partial charge in [0.15, 0.2) is 6.61 Å². The van der Waals surface area contributed by atoms with Gasteiger partial charge in [-0.1, -0.05) is 109 Å². The van der Waals surface area contributed by atoms with E-state index in [-0.39, 0.29) is 0 Å². The average molecular weight is 425 g/mol. The molecule has 4 nitrogen and oxygen atoms in total. The number of allylic oxidation sites excluding steroid dienone is 2. The molecule has 1 N–H and O–H groups in total. The molecule has 30 heavy (non-hydrogen) atoms. The molecular weight excluding hydrogens is 376 g/mol. The molecule has 0 aromatic carbocycles. The Morgan fingerprint density at radius 1 is 0.633 bits per heavy atom. The fourth-order valence-corrected chi connectivity index (χ4v) is 3.62. The fraction of sp³-hybridized carbons (Fsp3) is 0.846. The summed E-state index contributed by atoms with van der Waals surface area (Å²) in [6.07, 6.45) is 29.5. The Labute approximate surface area is 185 Å². The molecule has 0 amide bonds. The smallest absolute Gasteiger partial charge is 0.341 e. The zero-order valence-electron chi connectivity index (χ0n) is 19.7. The van der Waals surface area contributed by atoms with Gasteiger partial charge >= 0.3 is 11.9 Å². The normalized spacial score (nSPS) is 11.2. The number of aliphatic carboxylic acids is 1. The van der Waals surface area contributed by atoms with Crippen molar-refractivity contribution in [2.45, 2.75) is 135 Å². The first-order chi connectivity index (χ1) is 14.7. The summed E-state index contributed by atoms with van der Waals surface area (Å²) in [4.78, 5) is 21.5. The van der Waals surface area contributed by atoms with Crippen LogP contribution in [0.1, 0.15) is 135 Å². The van der Waals surface area contributed by atoms with Crippen LogP contribution in [0.25, 0.3) is 0 Å². The van der Waals surface area contributed by atoms with Gasteiger partial charge in [-0.25, -0.2) is 4.79 Å². The average Bonchev–Trinajstić information content (AvgIpc) is 2.73. The van der Waals surface area contributed by atoms with Crippen LogP contribution in [0.5, 0.6) is 0 Å². The Morgan fingerprint density at radius 3 is 1.47 bits per heavy atom. The van der Waals surface area contributed by atoms with Gasteiger partial charge in [0.2, 0.25) is 0 Å². The maximum Gasteiger partial charge on any atom is 0.341 e. The SMILES string of the molecule is CCCCCCCCCC/C=C\CCCCCCCCCCCC(=O)OCC(=O)O. The maximum absolute atomic E-state index is 11.3. The summed E-state index contributed by atoms with van der Waals surface area (Å²) in [5.74, 6) is -1.50. The van der Waals surface area contributed by atoms with Gasteiger partial charge in [0.05, 0.1) is 0 Å². The molecule has 0 saturated carbocycles. The van der Waals surface area contributed by atoms with Crippen molar-refractivity contribution in [3.8, 4) is 0 Å². The Morgan fingerprint density at radius 2 is 1.03 bits per heavy atom. The van der Waals surface area contributed by atoms with E-state index in [1.165, 1.54) is 103 Å². The van der Waals surface area contributed by atoms with Crippen molar-refractivity contribution in [1.82, 2.24) is 0 Å². The van der Waals surface area contributed by atoms with Crippen molar-refractivity contribution in [3.63, 3.8) is 0 Å². The van der Waals surface area contributed by atoms with Gasteiger partial charge in [-0.05, 0) is 32.1 Å². The van der Waals surface area contributed by atoms with Gasteiger partial charge < -0.3 is 9.84 Å². The number of hydrogen-bond donors (Lipinski definition) is 1. The highest BCUT2D eigenvalue weighted by molar-refractivity contribution is 5.75. The van der Waals surface area contributed by atoms with Gasteiger partial charge in [-0.15, -0.1) is 0 Å². The van der Waals surface area contributed by atoms with Gasteiger partial charge in [-0.2, -0.15) is 0 Å².